The second-order valence-electron chi connectivity index (χ2n) is 2.91. The lowest BCUT2D eigenvalue weighted by molar-refractivity contribution is 0.505. The van der Waals surface area contributed by atoms with Gasteiger partial charge in [0.25, 0.3) is 0 Å². The highest BCUT2D eigenvalue weighted by atomic mass is 19.2. The summed E-state index contributed by atoms with van der Waals surface area (Å²) >= 11 is 0. The molecule has 0 saturated heterocycles. The summed E-state index contributed by atoms with van der Waals surface area (Å²) in [5.41, 5.74) is 11.8. The number of benzene rings is 1. The minimum absolute atomic E-state index is 0.202. The molecule has 0 aliphatic rings. The summed E-state index contributed by atoms with van der Waals surface area (Å²) in [7, 11) is 0. The van der Waals surface area contributed by atoms with E-state index in [0.717, 1.165) is 12.1 Å². The van der Waals surface area contributed by atoms with Gasteiger partial charge in [-0.05, 0) is 18.1 Å². The molecule has 0 spiro atoms. The van der Waals surface area contributed by atoms with Crippen LogP contribution in [0.15, 0.2) is 12.1 Å². The summed E-state index contributed by atoms with van der Waals surface area (Å²) in [6, 6.07) is 1.68. The molecular weight excluding hydrogens is 174 g/mol. The Bertz CT molecular complexity index is 313. The molecule has 72 valence electrons. The summed E-state index contributed by atoms with van der Waals surface area (Å²) in [4.78, 5) is 0. The Kier molecular flexibility index (Phi) is 2.83. The Hall–Kier alpha value is -1.16. The Morgan fingerprint density at radius 1 is 1.31 bits per heavy atom. The lowest BCUT2D eigenvalue weighted by atomic mass is 10.0. The van der Waals surface area contributed by atoms with Gasteiger partial charge in [0.2, 0.25) is 0 Å². The van der Waals surface area contributed by atoms with Crippen molar-refractivity contribution in [1.29, 1.82) is 0 Å². The normalized spacial score (nSPS) is 12.9. The molecule has 0 aliphatic carbocycles. The second-order valence-corrected chi connectivity index (χ2v) is 2.91. The largest absolute Gasteiger partial charge is 0.398 e. The van der Waals surface area contributed by atoms with Crippen molar-refractivity contribution in [3.8, 4) is 0 Å². The molecule has 0 fully saturated rings. The number of anilines is 1. The van der Waals surface area contributed by atoms with Gasteiger partial charge in [-0.2, -0.15) is 0 Å². The monoisotopic (exact) mass is 186 g/mol. The van der Waals surface area contributed by atoms with E-state index in [9.17, 15) is 8.78 Å². The van der Waals surface area contributed by atoms with E-state index in [1.54, 1.807) is 0 Å². The summed E-state index contributed by atoms with van der Waals surface area (Å²) in [5, 5.41) is 0. The van der Waals surface area contributed by atoms with Gasteiger partial charge in [0, 0.05) is 17.8 Å². The van der Waals surface area contributed by atoms with Crippen molar-refractivity contribution in [2.24, 2.45) is 5.73 Å². The fourth-order valence-corrected chi connectivity index (χ4v) is 1.12. The number of rotatable bonds is 2. The Labute approximate surface area is 75.5 Å². The molecular formula is C9H12F2N2. The van der Waals surface area contributed by atoms with Crippen LogP contribution in [-0.4, -0.2) is 0 Å². The topological polar surface area (TPSA) is 52.0 Å². The van der Waals surface area contributed by atoms with E-state index in [4.69, 9.17) is 11.5 Å². The summed E-state index contributed by atoms with van der Waals surface area (Å²) < 4.78 is 25.4. The minimum Gasteiger partial charge on any atom is -0.398 e. The lowest BCUT2D eigenvalue weighted by Gasteiger charge is -2.12. The molecule has 0 heterocycles. The van der Waals surface area contributed by atoms with Crippen molar-refractivity contribution in [3.05, 3.63) is 29.3 Å². The summed E-state index contributed by atoms with van der Waals surface area (Å²) in [5.74, 6) is -1.85. The van der Waals surface area contributed by atoms with E-state index >= 15 is 0 Å². The van der Waals surface area contributed by atoms with Crippen LogP contribution < -0.4 is 11.5 Å². The molecule has 1 rings (SSSR count). The molecule has 1 atom stereocenters. The maximum Gasteiger partial charge on any atom is 0.160 e. The van der Waals surface area contributed by atoms with Gasteiger partial charge in [-0.15, -0.1) is 0 Å². The first-order valence-electron chi connectivity index (χ1n) is 4.06. The molecule has 0 bridgehead atoms. The SMILES string of the molecule is CCC(N)c1cc(F)c(F)cc1N. The van der Waals surface area contributed by atoms with Gasteiger partial charge in [0.1, 0.15) is 0 Å². The number of nitrogens with two attached hydrogens (primary N) is 2. The fourth-order valence-electron chi connectivity index (χ4n) is 1.12. The molecule has 0 radical (unpaired) electrons. The Balaban J connectivity index is 3.15. The van der Waals surface area contributed by atoms with E-state index in [2.05, 4.69) is 0 Å². The van der Waals surface area contributed by atoms with Gasteiger partial charge in [-0.1, -0.05) is 6.92 Å². The Morgan fingerprint density at radius 3 is 2.38 bits per heavy atom. The van der Waals surface area contributed by atoms with E-state index in [0.29, 0.717) is 12.0 Å². The van der Waals surface area contributed by atoms with Crippen molar-refractivity contribution in [3.63, 3.8) is 0 Å². The first-order chi connectivity index (χ1) is 6.06. The van der Waals surface area contributed by atoms with Gasteiger partial charge in [0.15, 0.2) is 11.6 Å². The summed E-state index contributed by atoms with van der Waals surface area (Å²) in [6.07, 6.45) is 0.634. The number of hydrogen-bond donors (Lipinski definition) is 2. The highest BCUT2D eigenvalue weighted by molar-refractivity contribution is 5.48. The Morgan fingerprint density at radius 2 is 1.85 bits per heavy atom. The number of halogens is 2. The molecule has 4 N–H and O–H groups in total. The van der Waals surface area contributed by atoms with Crippen LogP contribution >= 0.6 is 0 Å². The van der Waals surface area contributed by atoms with Crippen LogP contribution in [-0.2, 0) is 0 Å². The van der Waals surface area contributed by atoms with E-state index in [1.165, 1.54) is 0 Å². The zero-order chi connectivity index (χ0) is 10.0. The number of nitrogen functional groups attached to an aromatic ring is 1. The fraction of sp³-hybridized carbons (Fsp3) is 0.333. The minimum atomic E-state index is -0.940. The van der Waals surface area contributed by atoms with Crippen molar-refractivity contribution in [1.82, 2.24) is 0 Å². The third-order valence-corrected chi connectivity index (χ3v) is 1.97. The maximum atomic E-state index is 12.8. The quantitative estimate of drug-likeness (QED) is 0.693. The molecule has 0 amide bonds. The standard InChI is InChI=1S/C9H12F2N2/c1-2-8(12)5-3-6(10)7(11)4-9(5)13/h3-4,8H,2,12-13H2,1H3. The first kappa shape index (κ1) is 9.92. The zero-order valence-electron chi connectivity index (χ0n) is 7.35. The highest BCUT2D eigenvalue weighted by Gasteiger charge is 2.11. The predicted octanol–water partition coefficient (Wildman–Crippen LogP) is 1.96. The molecule has 4 heteroatoms. The van der Waals surface area contributed by atoms with Crippen LogP contribution in [0.5, 0.6) is 0 Å². The van der Waals surface area contributed by atoms with Crippen LogP contribution in [0.4, 0.5) is 14.5 Å². The molecule has 0 aromatic heterocycles. The predicted molar refractivity (Wildman–Crippen MR) is 48.0 cm³/mol. The van der Waals surface area contributed by atoms with Crippen LogP contribution in [0, 0.1) is 11.6 Å². The smallest absolute Gasteiger partial charge is 0.160 e. The molecule has 1 unspecified atom stereocenters. The van der Waals surface area contributed by atoms with E-state index in [-0.39, 0.29) is 11.7 Å². The van der Waals surface area contributed by atoms with Gasteiger partial charge in [-0.25, -0.2) is 8.78 Å². The van der Waals surface area contributed by atoms with Gasteiger partial charge < -0.3 is 11.5 Å². The van der Waals surface area contributed by atoms with Crippen LogP contribution in [0.2, 0.25) is 0 Å². The third-order valence-electron chi connectivity index (χ3n) is 1.97. The van der Waals surface area contributed by atoms with Crippen molar-refractivity contribution in [2.75, 3.05) is 5.73 Å². The molecule has 1 aromatic carbocycles. The van der Waals surface area contributed by atoms with Gasteiger partial charge in [0.05, 0.1) is 0 Å². The molecule has 1 aromatic rings. The summed E-state index contributed by atoms with van der Waals surface area (Å²) in [6.45, 7) is 1.85. The van der Waals surface area contributed by atoms with Crippen LogP contribution in [0.1, 0.15) is 24.9 Å². The van der Waals surface area contributed by atoms with Crippen LogP contribution in [0.3, 0.4) is 0 Å². The van der Waals surface area contributed by atoms with Crippen molar-refractivity contribution in [2.45, 2.75) is 19.4 Å². The van der Waals surface area contributed by atoms with Crippen molar-refractivity contribution >= 4 is 5.69 Å². The van der Waals surface area contributed by atoms with Crippen molar-refractivity contribution < 1.29 is 8.78 Å². The molecule has 0 aliphatic heterocycles. The van der Waals surface area contributed by atoms with E-state index < -0.39 is 11.6 Å². The average Bonchev–Trinajstić information content (AvgIpc) is 2.10. The average molecular weight is 186 g/mol. The van der Waals surface area contributed by atoms with E-state index in [1.807, 2.05) is 6.92 Å². The molecule has 2 nitrogen and oxygen atoms in total. The molecule has 0 saturated carbocycles. The second kappa shape index (κ2) is 3.70. The maximum absolute atomic E-state index is 12.8. The zero-order valence-corrected chi connectivity index (χ0v) is 7.35. The first-order valence-corrected chi connectivity index (χ1v) is 4.06. The third kappa shape index (κ3) is 1.95. The lowest BCUT2D eigenvalue weighted by Crippen LogP contribution is -2.12. The van der Waals surface area contributed by atoms with Gasteiger partial charge in [-0.3, -0.25) is 0 Å². The number of hydrogen-bond acceptors (Lipinski definition) is 2. The molecule has 13 heavy (non-hydrogen) atoms. The van der Waals surface area contributed by atoms with Gasteiger partial charge >= 0.3 is 0 Å². The van der Waals surface area contributed by atoms with Crippen LogP contribution in [0.25, 0.3) is 0 Å². The highest BCUT2D eigenvalue weighted by Crippen LogP contribution is 2.23.